The third-order valence-electron chi connectivity index (χ3n) is 3.36. The van der Waals surface area contributed by atoms with Crippen LogP contribution in [0.3, 0.4) is 0 Å². The molecule has 0 bridgehead atoms. The largest absolute Gasteiger partial charge is 0.463 e. The SMILES string of the molecule is CCCCCC(C)(CCC)CC(=O)OCCOC. The maximum Gasteiger partial charge on any atom is 0.306 e. The molecule has 0 aromatic carbocycles. The summed E-state index contributed by atoms with van der Waals surface area (Å²) >= 11 is 0. The van der Waals surface area contributed by atoms with E-state index in [0.29, 0.717) is 19.6 Å². The standard InChI is InChI=1S/C15H30O3/c1-5-7-8-10-15(3,9-6-2)13-14(16)18-12-11-17-4/h5-13H2,1-4H3. The van der Waals surface area contributed by atoms with Crippen molar-refractivity contribution >= 4 is 5.97 Å². The third kappa shape index (κ3) is 8.51. The van der Waals surface area contributed by atoms with Crippen LogP contribution in [0.2, 0.25) is 0 Å². The molecule has 0 aromatic heterocycles. The molecule has 1 unspecified atom stereocenters. The van der Waals surface area contributed by atoms with Crippen LogP contribution >= 0.6 is 0 Å². The molecule has 0 amide bonds. The minimum Gasteiger partial charge on any atom is -0.463 e. The smallest absolute Gasteiger partial charge is 0.306 e. The van der Waals surface area contributed by atoms with Crippen molar-refractivity contribution in [2.24, 2.45) is 5.41 Å². The molecule has 0 rings (SSSR count). The van der Waals surface area contributed by atoms with E-state index in [2.05, 4.69) is 20.8 Å². The van der Waals surface area contributed by atoms with Crippen molar-refractivity contribution in [1.29, 1.82) is 0 Å². The summed E-state index contributed by atoms with van der Waals surface area (Å²) in [4.78, 5) is 11.8. The Morgan fingerprint density at radius 2 is 1.78 bits per heavy atom. The first-order valence-corrected chi connectivity index (χ1v) is 7.22. The van der Waals surface area contributed by atoms with Crippen LogP contribution in [0.1, 0.15) is 65.7 Å². The van der Waals surface area contributed by atoms with E-state index >= 15 is 0 Å². The van der Waals surface area contributed by atoms with Gasteiger partial charge in [-0.25, -0.2) is 0 Å². The quantitative estimate of drug-likeness (QED) is 0.416. The molecule has 3 nitrogen and oxygen atoms in total. The second-order valence-electron chi connectivity index (χ2n) is 5.41. The zero-order chi connectivity index (χ0) is 13.9. The summed E-state index contributed by atoms with van der Waals surface area (Å²) in [7, 11) is 1.61. The normalized spacial score (nSPS) is 14.2. The molecular weight excluding hydrogens is 228 g/mol. The molecule has 0 aliphatic heterocycles. The Bertz CT molecular complexity index is 216. The molecule has 0 fully saturated rings. The monoisotopic (exact) mass is 258 g/mol. The Labute approximate surface area is 112 Å². The number of carbonyl (C=O) groups excluding carboxylic acids is 1. The van der Waals surface area contributed by atoms with Gasteiger partial charge in [-0.1, -0.05) is 46.5 Å². The molecule has 0 heterocycles. The van der Waals surface area contributed by atoms with E-state index < -0.39 is 0 Å². The average Bonchev–Trinajstić information content (AvgIpc) is 2.29. The Morgan fingerprint density at radius 3 is 2.33 bits per heavy atom. The van der Waals surface area contributed by atoms with Gasteiger partial charge in [-0.3, -0.25) is 4.79 Å². The van der Waals surface area contributed by atoms with Crippen molar-refractivity contribution in [3.8, 4) is 0 Å². The van der Waals surface area contributed by atoms with Gasteiger partial charge in [0.25, 0.3) is 0 Å². The first kappa shape index (κ1) is 17.4. The van der Waals surface area contributed by atoms with Crippen LogP contribution in [0.15, 0.2) is 0 Å². The van der Waals surface area contributed by atoms with E-state index in [1.54, 1.807) is 7.11 Å². The fourth-order valence-electron chi connectivity index (χ4n) is 2.35. The first-order chi connectivity index (χ1) is 8.58. The summed E-state index contributed by atoms with van der Waals surface area (Å²) in [6.07, 6.45) is 7.54. The summed E-state index contributed by atoms with van der Waals surface area (Å²) in [6, 6.07) is 0. The maximum absolute atomic E-state index is 11.8. The number of methoxy groups -OCH3 is 1. The van der Waals surface area contributed by atoms with E-state index in [4.69, 9.17) is 9.47 Å². The fourth-order valence-corrected chi connectivity index (χ4v) is 2.35. The predicted molar refractivity (Wildman–Crippen MR) is 74.6 cm³/mol. The molecule has 18 heavy (non-hydrogen) atoms. The van der Waals surface area contributed by atoms with Crippen molar-refractivity contribution in [2.45, 2.75) is 65.7 Å². The van der Waals surface area contributed by atoms with Gasteiger partial charge < -0.3 is 9.47 Å². The van der Waals surface area contributed by atoms with Crippen molar-refractivity contribution in [3.63, 3.8) is 0 Å². The average molecular weight is 258 g/mol. The molecular formula is C15H30O3. The molecule has 0 N–H and O–H groups in total. The van der Waals surface area contributed by atoms with Crippen LogP contribution in [-0.2, 0) is 14.3 Å². The van der Waals surface area contributed by atoms with Gasteiger partial charge in [-0.05, 0) is 18.3 Å². The van der Waals surface area contributed by atoms with Crippen LogP contribution in [0.4, 0.5) is 0 Å². The Hall–Kier alpha value is -0.570. The Morgan fingerprint density at radius 1 is 1.06 bits per heavy atom. The molecule has 108 valence electrons. The summed E-state index contributed by atoms with van der Waals surface area (Å²) in [5.74, 6) is -0.0838. The van der Waals surface area contributed by atoms with Crippen LogP contribution in [-0.4, -0.2) is 26.3 Å². The molecule has 0 aliphatic carbocycles. The van der Waals surface area contributed by atoms with E-state index in [1.165, 1.54) is 19.3 Å². The van der Waals surface area contributed by atoms with Gasteiger partial charge in [0.05, 0.1) is 13.0 Å². The lowest BCUT2D eigenvalue weighted by atomic mass is 9.78. The van der Waals surface area contributed by atoms with Gasteiger partial charge >= 0.3 is 5.97 Å². The summed E-state index contributed by atoms with van der Waals surface area (Å²) < 4.78 is 10.0. The number of rotatable bonds is 11. The van der Waals surface area contributed by atoms with Crippen LogP contribution < -0.4 is 0 Å². The molecule has 1 atom stereocenters. The zero-order valence-electron chi connectivity index (χ0n) is 12.6. The molecule has 0 aliphatic rings. The summed E-state index contributed by atoms with van der Waals surface area (Å²) in [5.41, 5.74) is 0.105. The lowest BCUT2D eigenvalue weighted by Gasteiger charge is -2.28. The van der Waals surface area contributed by atoms with Gasteiger partial charge in [0.1, 0.15) is 6.61 Å². The third-order valence-corrected chi connectivity index (χ3v) is 3.36. The van der Waals surface area contributed by atoms with Crippen LogP contribution in [0.25, 0.3) is 0 Å². The molecule has 3 heteroatoms. The second kappa shape index (κ2) is 10.4. The van der Waals surface area contributed by atoms with Crippen molar-refractivity contribution < 1.29 is 14.3 Å². The molecule has 0 aromatic rings. The molecule has 0 spiro atoms. The van der Waals surface area contributed by atoms with Gasteiger partial charge in [0, 0.05) is 7.11 Å². The van der Waals surface area contributed by atoms with Gasteiger partial charge in [-0.15, -0.1) is 0 Å². The summed E-state index contributed by atoms with van der Waals surface area (Å²) in [6.45, 7) is 7.44. The summed E-state index contributed by atoms with van der Waals surface area (Å²) in [5, 5.41) is 0. The number of unbranched alkanes of at least 4 members (excludes halogenated alkanes) is 2. The van der Waals surface area contributed by atoms with Gasteiger partial charge in [-0.2, -0.15) is 0 Å². The molecule has 0 radical (unpaired) electrons. The van der Waals surface area contributed by atoms with Crippen LogP contribution in [0.5, 0.6) is 0 Å². The van der Waals surface area contributed by atoms with E-state index in [9.17, 15) is 4.79 Å². The van der Waals surface area contributed by atoms with Crippen molar-refractivity contribution in [2.75, 3.05) is 20.3 Å². The topological polar surface area (TPSA) is 35.5 Å². The Kier molecular flexibility index (Phi) is 10.0. The number of carbonyl (C=O) groups is 1. The lowest BCUT2D eigenvalue weighted by Crippen LogP contribution is -2.23. The van der Waals surface area contributed by atoms with Crippen molar-refractivity contribution in [1.82, 2.24) is 0 Å². The predicted octanol–water partition coefficient (Wildman–Crippen LogP) is 3.95. The number of ether oxygens (including phenoxy) is 2. The number of hydrogen-bond acceptors (Lipinski definition) is 3. The minimum atomic E-state index is -0.0838. The van der Waals surface area contributed by atoms with E-state index in [0.717, 1.165) is 19.3 Å². The van der Waals surface area contributed by atoms with Gasteiger partial charge in [0.15, 0.2) is 0 Å². The maximum atomic E-state index is 11.8. The van der Waals surface area contributed by atoms with Crippen molar-refractivity contribution in [3.05, 3.63) is 0 Å². The highest BCUT2D eigenvalue weighted by atomic mass is 16.6. The highest BCUT2D eigenvalue weighted by molar-refractivity contribution is 5.70. The molecule has 0 saturated heterocycles. The lowest BCUT2D eigenvalue weighted by molar-refractivity contribution is -0.147. The zero-order valence-corrected chi connectivity index (χ0v) is 12.6. The van der Waals surface area contributed by atoms with E-state index in [-0.39, 0.29) is 11.4 Å². The molecule has 0 saturated carbocycles. The van der Waals surface area contributed by atoms with E-state index in [1.807, 2.05) is 0 Å². The highest BCUT2D eigenvalue weighted by Gasteiger charge is 2.26. The minimum absolute atomic E-state index is 0.0838. The Balaban J connectivity index is 4.09. The number of hydrogen-bond donors (Lipinski definition) is 0. The second-order valence-corrected chi connectivity index (χ2v) is 5.41. The number of esters is 1. The first-order valence-electron chi connectivity index (χ1n) is 7.22. The highest BCUT2D eigenvalue weighted by Crippen LogP contribution is 2.34. The fraction of sp³-hybridized carbons (Fsp3) is 0.933. The van der Waals surface area contributed by atoms with Gasteiger partial charge in [0.2, 0.25) is 0 Å². The van der Waals surface area contributed by atoms with Crippen LogP contribution in [0, 0.1) is 5.41 Å².